The van der Waals surface area contributed by atoms with Crippen molar-refractivity contribution in [3.8, 4) is 11.1 Å². The van der Waals surface area contributed by atoms with Crippen molar-refractivity contribution >= 4 is 23.5 Å². The number of hydrogen-bond acceptors (Lipinski definition) is 4. The largest absolute Gasteiger partial charge is 0.478 e. The summed E-state index contributed by atoms with van der Waals surface area (Å²) < 4.78 is 0. The average Bonchev–Trinajstić information content (AvgIpc) is 2.61. The Morgan fingerprint density at radius 1 is 1.12 bits per heavy atom. The number of nitrogens with zero attached hydrogens (tertiary/aromatic N) is 2. The van der Waals surface area contributed by atoms with Crippen LogP contribution in [0.15, 0.2) is 24.3 Å². The molecule has 136 valence electrons. The highest BCUT2D eigenvalue weighted by atomic mass is 35.5. The fourth-order valence-corrected chi connectivity index (χ4v) is 3.56. The van der Waals surface area contributed by atoms with Gasteiger partial charge in [-0.1, -0.05) is 29.8 Å². The molecule has 1 aliphatic rings. The normalized spacial score (nSPS) is 14.3. The number of aryl methyl sites for hydroxylation is 2. The Labute approximate surface area is 156 Å². The van der Waals surface area contributed by atoms with Crippen LogP contribution >= 0.6 is 11.6 Å². The molecule has 3 rings (SSSR count). The van der Waals surface area contributed by atoms with E-state index in [1.54, 1.807) is 43.0 Å². The topological polar surface area (TPSA) is 82.5 Å². The minimum absolute atomic E-state index is 0.0159. The minimum atomic E-state index is -1.13. The number of hydrogen-bond donors (Lipinski definition) is 2. The Morgan fingerprint density at radius 2 is 1.73 bits per heavy atom. The maximum Gasteiger partial charge on any atom is 0.338 e. The molecule has 0 atom stereocenters. The summed E-state index contributed by atoms with van der Waals surface area (Å²) in [6.07, 6.45) is 0. The number of carboxylic acids is 1. The first-order valence-electron chi connectivity index (χ1n) is 8.41. The van der Waals surface area contributed by atoms with Crippen molar-refractivity contribution in [2.45, 2.75) is 13.8 Å². The Bertz CT molecular complexity index is 877. The lowest BCUT2D eigenvalue weighted by molar-refractivity contribution is 0.0696. The van der Waals surface area contributed by atoms with Crippen LogP contribution in [0, 0.1) is 13.8 Å². The number of carbonyl (C=O) groups excluding carboxylic acids is 1. The predicted molar refractivity (Wildman–Crippen MR) is 99.9 cm³/mol. The molecule has 1 aromatic heterocycles. The summed E-state index contributed by atoms with van der Waals surface area (Å²) in [5.41, 5.74) is 2.06. The van der Waals surface area contributed by atoms with E-state index in [-0.39, 0.29) is 11.5 Å². The summed E-state index contributed by atoms with van der Waals surface area (Å²) in [4.78, 5) is 31.3. The fourth-order valence-electron chi connectivity index (χ4n) is 3.33. The van der Waals surface area contributed by atoms with Gasteiger partial charge in [0.2, 0.25) is 0 Å². The van der Waals surface area contributed by atoms with Crippen LogP contribution in [0.3, 0.4) is 0 Å². The third kappa shape index (κ3) is 3.30. The van der Waals surface area contributed by atoms with Crippen molar-refractivity contribution in [1.82, 2.24) is 15.2 Å². The number of nitrogens with one attached hydrogen (secondary N) is 1. The second-order valence-electron chi connectivity index (χ2n) is 6.23. The van der Waals surface area contributed by atoms with Gasteiger partial charge in [0.15, 0.2) is 0 Å². The van der Waals surface area contributed by atoms with E-state index in [1.165, 1.54) is 0 Å². The fraction of sp³-hybridized carbons (Fsp3) is 0.316. The van der Waals surface area contributed by atoms with E-state index < -0.39 is 5.97 Å². The first-order valence-corrected chi connectivity index (χ1v) is 8.79. The second kappa shape index (κ2) is 7.43. The molecule has 1 fully saturated rings. The van der Waals surface area contributed by atoms with Gasteiger partial charge in [-0.15, -0.1) is 0 Å². The van der Waals surface area contributed by atoms with E-state index in [9.17, 15) is 14.7 Å². The van der Waals surface area contributed by atoms with Crippen LogP contribution in [0.4, 0.5) is 0 Å². The number of amides is 1. The lowest BCUT2D eigenvalue weighted by Gasteiger charge is -2.29. The van der Waals surface area contributed by atoms with Crippen molar-refractivity contribution in [2.24, 2.45) is 0 Å². The van der Waals surface area contributed by atoms with Gasteiger partial charge in [0.05, 0.1) is 22.5 Å². The summed E-state index contributed by atoms with van der Waals surface area (Å²) in [5, 5.41) is 13.4. The number of halogens is 1. The first kappa shape index (κ1) is 18.4. The number of aromatic carboxylic acids is 1. The number of benzene rings is 1. The van der Waals surface area contributed by atoms with Gasteiger partial charge in [-0.25, -0.2) is 4.79 Å². The van der Waals surface area contributed by atoms with Crippen LogP contribution in [-0.4, -0.2) is 53.0 Å². The zero-order chi connectivity index (χ0) is 18.8. The Balaban J connectivity index is 2.29. The van der Waals surface area contributed by atoms with Crippen molar-refractivity contribution < 1.29 is 14.7 Å². The third-order valence-electron chi connectivity index (χ3n) is 4.53. The molecule has 2 aromatic rings. The van der Waals surface area contributed by atoms with Crippen molar-refractivity contribution in [1.29, 1.82) is 0 Å². The second-order valence-corrected chi connectivity index (χ2v) is 6.64. The zero-order valence-corrected chi connectivity index (χ0v) is 15.4. The molecule has 2 N–H and O–H groups in total. The number of aromatic nitrogens is 1. The summed E-state index contributed by atoms with van der Waals surface area (Å²) in [6, 6.07) is 6.96. The van der Waals surface area contributed by atoms with Gasteiger partial charge < -0.3 is 15.3 Å². The SMILES string of the molecule is Cc1nc(C)c(C(=O)N2CCNCC2)c(-c2ccccc2Cl)c1C(=O)O. The zero-order valence-electron chi connectivity index (χ0n) is 14.7. The molecule has 1 saturated heterocycles. The van der Waals surface area contributed by atoms with Gasteiger partial charge in [-0.05, 0) is 19.9 Å². The number of piperazine rings is 1. The summed E-state index contributed by atoms with van der Waals surface area (Å²) >= 11 is 6.35. The van der Waals surface area contributed by atoms with Gasteiger partial charge in [0.25, 0.3) is 5.91 Å². The monoisotopic (exact) mass is 373 g/mol. The van der Waals surface area contributed by atoms with Gasteiger partial charge in [-0.2, -0.15) is 0 Å². The highest BCUT2D eigenvalue weighted by Crippen LogP contribution is 2.36. The standard InChI is InChI=1S/C19H20ClN3O3/c1-11-15(18(24)23-9-7-21-8-10-23)17(13-5-3-4-6-14(13)20)16(19(25)26)12(2)22-11/h3-6,21H,7-10H2,1-2H3,(H,25,26). The minimum Gasteiger partial charge on any atom is -0.478 e. The molecule has 26 heavy (non-hydrogen) atoms. The lowest BCUT2D eigenvalue weighted by atomic mass is 9.91. The van der Waals surface area contributed by atoms with Crippen molar-refractivity contribution in [2.75, 3.05) is 26.2 Å². The van der Waals surface area contributed by atoms with Crippen LogP contribution in [-0.2, 0) is 0 Å². The quantitative estimate of drug-likeness (QED) is 0.864. The van der Waals surface area contributed by atoms with E-state index in [0.29, 0.717) is 59.3 Å². The molecule has 0 unspecified atom stereocenters. The van der Waals surface area contributed by atoms with Crippen LogP contribution in [0.1, 0.15) is 32.1 Å². The smallest absolute Gasteiger partial charge is 0.338 e. The van der Waals surface area contributed by atoms with Crippen LogP contribution in [0.25, 0.3) is 11.1 Å². The van der Waals surface area contributed by atoms with Gasteiger partial charge in [-0.3, -0.25) is 9.78 Å². The third-order valence-corrected chi connectivity index (χ3v) is 4.86. The van der Waals surface area contributed by atoms with Gasteiger partial charge in [0.1, 0.15) is 0 Å². The van der Waals surface area contributed by atoms with Crippen molar-refractivity contribution in [3.05, 3.63) is 51.8 Å². The van der Waals surface area contributed by atoms with Crippen LogP contribution in [0.2, 0.25) is 5.02 Å². The molecular formula is C19H20ClN3O3. The Morgan fingerprint density at radius 3 is 2.35 bits per heavy atom. The van der Waals surface area contributed by atoms with E-state index in [2.05, 4.69) is 10.3 Å². The van der Waals surface area contributed by atoms with Crippen molar-refractivity contribution in [3.63, 3.8) is 0 Å². The molecular weight excluding hydrogens is 354 g/mol. The van der Waals surface area contributed by atoms with E-state index in [0.717, 1.165) is 0 Å². The number of carboxylic acid groups (broad SMARTS) is 1. The molecule has 7 heteroatoms. The number of carbonyl (C=O) groups is 2. The predicted octanol–water partition coefficient (Wildman–Crippen LogP) is 2.76. The molecule has 0 saturated carbocycles. The highest BCUT2D eigenvalue weighted by Gasteiger charge is 2.29. The number of rotatable bonds is 3. The van der Waals surface area contributed by atoms with Crippen LogP contribution < -0.4 is 5.32 Å². The molecule has 6 nitrogen and oxygen atoms in total. The molecule has 0 radical (unpaired) electrons. The molecule has 1 amide bonds. The molecule has 0 bridgehead atoms. The number of pyridine rings is 1. The molecule has 1 aliphatic heterocycles. The molecule has 0 spiro atoms. The summed E-state index contributed by atoms with van der Waals surface area (Å²) in [6.45, 7) is 5.91. The maximum absolute atomic E-state index is 13.2. The van der Waals surface area contributed by atoms with E-state index in [1.807, 2.05) is 0 Å². The van der Waals surface area contributed by atoms with Crippen LogP contribution in [0.5, 0.6) is 0 Å². The van der Waals surface area contributed by atoms with Gasteiger partial charge in [0, 0.05) is 42.3 Å². The molecule has 1 aromatic carbocycles. The summed E-state index contributed by atoms with van der Waals surface area (Å²) in [5.74, 6) is -1.34. The first-order chi connectivity index (χ1) is 12.4. The maximum atomic E-state index is 13.2. The Hall–Kier alpha value is -2.44. The molecule has 0 aliphatic carbocycles. The highest BCUT2D eigenvalue weighted by molar-refractivity contribution is 6.34. The van der Waals surface area contributed by atoms with E-state index in [4.69, 9.17) is 11.6 Å². The lowest BCUT2D eigenvalue weighted by Crippen LogP contribution is -2.46. The molecule has 2 heterocycles. The summed E-state index contributed by atoms with van der Waals surface area (Å²) in [7, 11) is 0. The Kier molecular flexibility index (Phi) is 5.25. The van der Waals surface area contributed by atoms with Gasteiger partial charge >= 0.3 is 5.97 Å². The average molecular weight is 374 g/mol. The van der Waals surface area contributed by atoms with E-state index >= 15 is 0 Å².